The third-order valence-electron chi connectivity index (χ3n) is 5.38. The van der Waals surface area contributed by atoms with Crippen molar-refractivity contribution in [3.8, 4) is 5.75 Å². The number of anilines is 1. The number of allylic oxidation sites excluding steroid dienone is 1. The zero-order chi connectivity index (χ0) is 25.7. The second kappa shape index (κ2) is 11.2. The van der Waals surface area contributed by atoms with Gasteiger partial charge < -0.3 is 14.4 Å². The summed E-state index contributed by atoms with van der Waals surface area (Å²) < 4.78 is 9.15. The molecular weight excluding hydrogens is 528 g/mol. The number of H-pyrrole nitrogens is 1. The van der Waals surface area contributed by atoms with Crippen LogP contribution in [-0.2, 0) is 13.6 Å². The van der Waals surface area contributed by atoms with Crippen LogP contribution in [0.5, 0.6) is 5.75 Å². The number of aliphatic hydroxyl groups excluding tert-OH is 1. The van der Waals surface area contributed by atoms with E-state index in [4.69, 9.17) is 4.74 Å². The minimum atomic E-state index is -0.979. The van der Waals surface area contributed by atoms with Crippen LogP contribution in [0, 0.1) is 6.92 Å². The number of aryl methyl sites for hydroxylation is 2. The molecule has 0 saturated heterocycles. The van der Waals surface area contributed by atoms with Crippen molar-refractivity contribution in [3.63, 3.8) is 0 Å². The fraction of sp³-hybridized carbons (Fsp3) is 0.200. The van der Waals surface area contributed by atoms with E-state index in [1.165, 1.54) is 22.4 Å². The van der Waals surface area contributed by atoms with E-state index in [1.54, 1.807) is 0 Å². The van der Waals surface area contributed by atoms with E-state index in [0.29, 0.717) is 10.2 Å². The first-order chi connectivity index (χ1) is 17.3. The zero-order valence-corrected chi connectivity index (χ0v) is 21.3. The molecule has 0 unspecified atom stereocenters. The van der Waals surface area contributed by atoms with Gasteiger partial charge in [-0.15, -0.1) is 0 Å². The molecule has 0 amide bonds. The minimum absolute atomic E-state index is 0.0116. The monoisotopic (exact) mass is 552 g/mol. The Labute approximate surface area is 214 Å². The van der Waals surface area contributed by atoms with Crippen LogP contribution in [0.2, 0.25) is 0 Å². The molecule has 4 rings (SSSR count). The number of fused-ring (bicyclic) bond motifs is 1. The lowest BCUT2D eigenvalue weighted by atomic mass is 10.2. The molecule has 0 radical (unpaired) electrons. The van der Waals surface area contributed by atoms with Crippen LogP contribution in [0.4, 0.5) is 5.95 Å². The number of ether oxygens (including phenoxy) is 1. The highest BCUT2D eigenvalue weighted by Gasteiger charge is 2.20. The molecule has 3 N–H and O–H groups in total. The fourth-order valence-electron chi connectivity index (χ4n) is 3.56. The average molecular weight is 553 g/mol. The van der Waals surface area contributed by atoms with E-state index in [9.17, 15) is 14.7 Å². The molecule has 0 aliphatic carbocycles. The topological polar surface area (TPSA) is 127 Å². The first-order valence-electron chi connectivity index (χ1n) is 11.1. The van der Waals surface area contributed by atoms with Crippen LogP contribution in [0.15, 0.2) is 73.8 Å². The van der Waals surface area contributed by atoms with Gasteiger partial charge in [0.2, 0.25) is 5.95 Å². The van der Waals surface area contributed by atoms with Gasteiger partial charge in [0.25, 0.3) is 5.56 Å². The van der Waals surface area contributed by atoms with Gasteiger partial charge in [-0.1, -0.05) is 48.5 Å². The first-order valence-corrected chi connectivity index (χ1v) is 11.9. The number of hydrazone groups is 1. The van der Waals surface area contributed by atoms with E-state index in [1.807, 2.05) is 67.6 Å². The lowest BCUT2D eigenvalue weighted by molar-refractivity contribution is 0.0935. The summed E-state index contributed by atoms with van der Waals surface area (Å²) in [5.74, 6) is 0.841. The standard InChI is InChI=1S/C25H25BrN6O4/c1-16-8-6-7-11-20(16)36-15-19(33)14-32-21-22(31(2)25(35)29-23(21)34)28-24(32)30-27-13-18(26)12-17-9-4-3-5-10-17/h3-13,19,33H,14-15H2,1-2H3,(H,28,30)(H,29,34,35)/b18-12-,27-13-/t19-/m1/s1. The Morgan fingerprint density at radius 1 is 1.22 bits per heavy atom. The van der Waals surface area contributed by atoms with E-state index in [-0.39, 0.29) is 30.3 Å². The van der Waals surface area contributed by atoms with Crippen LogP contribution in [0.3, 0.4) is 0 Å². The molecule has 0 aliphatic heterocycles. The van der Waals surface area contributed by atoms with Crippen LogP contribution in [0.25, 0.3) is 17.2 Å². The summed E-state index contributed by atoms with van der Waals surface area (Å²) in [7, 11) is 1.50. The highest BCUT2D eigenvalue weighted by atomic mass is 79.9. The fourth-order valence-corrected chi connectivity index (χ4v) is 3.93. The summed E-state index contributed by atoms with van der Waals surface area (Å²) in [5, 5.41) is 14.9. The van der Waals surface area contributed by atoms with Gasteiger partial charge in [-0.2, -0.15) is 10.1 Å². The summed E-state index contributed by atoms with van der Waals surface area (Å²) in [5.41, 5.74) is 3.82. The summed E-state index contributed by atoms with van der Waals surface area (Å²) in [6.07, 6.45) is 2.44. The molecule has 0 saturated carbocycles. The number of hydrogen-bond donors (Lipinski definition) is 3. The largest absolute Gasteiger partial charge is 0.491 e. The average Bonchev–Trinajstić information content (AvgIpc) is 3.21. The maximum atomic E-state index is 12.7. The summed E-state index contributed by atoms with van der Waals surface area (Å²) in [6, 6.07) is 17.2. The van der Waals surface area contributed by atoms with E-state index >= 15 is 0 Å². The smallest absolute Gasteiger partial charge is 0.329 e. The Morgan fingerprint density at radius 3 is 2.69 bits per heavy atom. The molecule has 10 nitrogen and oxygen atoms in total. The van der Waals surface area contributed by atoms with Crippen molar-refractivity contribution in [2.24, 2.45) is 12.1 Å². The molecule has 36 heavy (non-hydrogen) atoms. The molecule has 4 aromatic rings. The molecule has 2 aromatic carbocycles. The Bertz CT molecular complexity index is 1540. The number of rotatable bonds is 9. The molecule has 0 bridgehead atoms. The number of aromatic nitrogens is 4. The SMILES string of the molecule is Cc1ccccc1OC[C@H](O)Cn1c(N/N=C\C(Br)=C\c2ccccc2)nc2c1c(=O)[nH]c(=O)n2C. The van der Waals surface area contributed by atoms with Crippen molar-refractivity contribution < 1.29 is 9.84 Å². The quantitative estimate of drug-likeness (QED) is 0.216. The Hall–Kier alpha value is -3.96. The van der Waals surface area contributed by atoms with E-state index < -0.39 is 17.4 Å². The normalized spacial score (nSPS) is 12.8. The lowest BCUT2D eigenvalue weighted by Crippen LogP contribution is -2.30. The number of aromatic amines is 1. The van der Waals surface area contributed by atoms with Crippen LogP contribution >= 0.6 is 15.9 Å². The van der Waals surface area contributed by atoms with E-state index in [0.717, 1.165) is 11.1 Å². The van der Waals surface area contributed by atoms with E-state index in [2.05, 4.69) is 36.4 Å². The minimum Gasteiger partial charge on any atom is -0.491 e. The maximum absolute atomic E-state index is 12.7. The number of para-hydroxylation sites is 1. The molecule has 2 aromatic heterocycles. The number of nitrogens with zero attached hydrogens (tertiary/aromatic N) is 4. The third kappa shape index (κ3) is 5.81. The molecule has 1 atom stereocenters. The van der Waals surface area contributed by atoms with Gasteiger partial charge in [-0.05, 0) is 46.1 Å². The van der Waals surface area contributed by atoms with Gasteiger partial charge in [-0.25, -0.2) is 10.2 Å². The molecule has 11 heteroatoms. The predicted molar refractivity (Wildman–Crippen MR) is 144 cm³/mol. The number of hydrogen-bond acceptors (Lipinski definition) is 7. The number of nitrogens with one attached hydrogen (secondary N) is 2. The molecule has 186 valence electrons. The molecular formula is C25H25BrN6O4. The van der Waals surface area contributed by atoms with Crippen LogP contribution in [-0.4, -0.2) is 43.1 Å². The van der Waals surface area contributed by atoms with Crippen LogP contribution < -0.4 is 21.4 Å². The van der Waals surface area contributed by atoms with Gasteiger partial charge >= 0.3 is 5.69 Å². The molecule has 0 fully saturated rings. The van der Waals surface area contributed by atoms with Gasteiger partial charge in [0.15, 0.2) is 11.2 Å². The molecule has 0 spiro atoms. The van der Waals surface area contributed by atoms with Gasteiger partial charge in [0.1, 0.15) is 18.5 Å². The highest BCUT2D eigenvalue weighted by molar-refractivity contribution is 9.12. The molecule has 0 aliphatic rings. The van der Waals surface area contributed by atoms with Gasteiger partial charge in [-0.3, -0.25) is 14.3 Å². The van der Waals surface area contributed by atoms with Crippen molar-refractivity contribution in [1.29, 1.82) is 0 Å². The Kier molecular flexibility index (Phi) is 7.81. The summed E-state index contributed by atoms with van der Waals surface area (Å²) in [6.45, 7) is 1.88. The number of halogens is 1. The van der Waals surface area contributed by atoms with Gasteiger partial charge in [0, 0.05) is 11.5 Å². The summed E-state index contributed by atoms with van der Waals surface area (Å²) in [4.78, 5) is 31.4. The number of imidazole rings is 1. The maximum Gasteiger partial charge on any atom is 0.329 e. The van der Waals surface area contributed by atoms with Gasteiger partial charge in [0.05, 0.1) is 12.8 Å². The number of aliphatic hydroxyl groups is 1. The predicted octanol–water partition coefficient (Wildman–Crippen LogP) is 3.01. The van der Waals surface area contributed by atoms with Crippen molar-refractivity contribution in [2.45, 2.75) is 19.6 Å². The second-order valence-electron chi connectivity index (χ2n) is 8.08. The second-order valence-corrected chi connectivity index (χ2v) is 8.99. The van der Waals surface area contributed by atoms with Crippen LogP contribution in [0.1, 0.15) is 11.1 Å². The van der Waals surface area contributed by atoms with Crippen molar-refractivity contribution in [3.05, 3.63) is 91.0 Å². The Balaban J connectivity index is 1.60. The van der Waals surface area contributed by atoms with Crippen molar-refractivity contribution in [2.75, 3.05) is 12.0 Å². The Morgan fingerprint density at radius 2 is 1.94 bits per heavy atom. The van der Waals surface area contributed by atoms with Crippen molar-refractivity contribution >= 4 is 45.3 Å². The first kappa shape index (κ1) is 25.1. The zero-order valence-electron chi connectivity index (χ0n) is 19.7. The highest BCUT2D eigenvalue weighted by Crippen LogP contribution is 2.19. The number of benzene rings is 2. The molecule has 2 heterocycles. The summed E-state index contributed by atoms with van der Waals surface area (Å²) >= 11 is 3.45. The van der Waals surface area contributed by atoms with Crippen molar-refractivity contribution in [1.82, 2.24) is 19.1 Å². The lowest BCUT2D eigenvalue weighted by Gasteiger charge is -2.16. The third-order valence-corrected chi connectivity index (χ3v) is 5.82.